The van der Waals surface area contributed by atoms with Crippen molar-refractivity contribution in [1.29, 1.82) is 0 Å². The van der Waals surface area contributed by atoms with Crippen LogP contribution < -0.4 is 9.46 Å². The first kappa shape index (κ1) is 19.2. The van der Waals surface area contributed by atoms with Gasteiger partial charge in [-0.15, -0.1) is 0 Å². The van der Waals surface area contributed by atoms with Gasteiger partial charge >= 0.3 is 12.1 Å². The summed E-state index contributed by atoms with van der Waals surface area (Å²) in [7, 11) is -4.10. The number of carbonyl (C=O) groups is 1. The fraction of sp³-hybridized carbons (Fsp3) is 0.462. The van der Waals surface area contributed by atoms with E-state index in [1.807, 2.05) is 4.72 Å². The predicted octanol–water partition coefficient (Wildman–Crippen LogP) is 2.16. The highest BCUT2D eigenvalue weighted by Crippen LogP contribution is 2.20. The number of hydrogen-bond donors (Lipinski definition) is 2. The van der Waals surface area contributed by atoms with Crippen molar-refractivity contribution in [3.63, 3.8) is 0 Å². The molecule has 0 fully saturated rings. The molecule has 1 unspecified atom stereocenters. The van der Waals surface area contributed by atoms with Crippen LogP contribution in [0.25, 0.3) is 0 Å². The first-order valence-corrected chi connectivity index (χ1v) is 8.08. The van der Waals surface area contributed by atoms with Gasteiger partial charge in [0.2, 0.25) is 10.0 Å². The molecule has 0 aliphatic heterocycles. The van der Waals surface area contributed by atoms with Crippen molar-refractivity contribution in [2.45, 2.75) is 36.9 Å². The van der Waals surface area contributed by atoms with E-state index < -0.39 is 34.8 Å². The molecular formula is C13H16F3NO5S. The number of benzene rings is 1. The van der Waals surface area contributed by atoms with Crippen LogP contribution in [0.3, 0.4) is 0 Å². The summed E-state index contributed by atoms with van der Waals surface area (Å²) < 4.78 is 66.7. The summed E-state index contributed by atoms with van der Waals surface area (Å²) in [6.07, 6.45) is -3.92. The Morgan fingerprint density at radius 1 is 1.30 bits per heavy atom. The number of rotatable bonds is 8. The molecule has 0 saturated heterocycles. The van der Waals surface area contributed by atoms with Gasteiger partial charge in [0.25, 0.3) is 0 Å². The zero-order valence-corrected chi connectivity index (χ0v) is 12.9. The van der Waals surface area contributed by atoms with Crippen molar-refractivity contribution >= 4 is 16.0 Å². The third kappa shape index (κ3) is 6.45. The van der Waals surface area contributed by atoms with E-state index >= 15 is 0 Å². The normalized spacial score (nSPS) is 13.6. The molecule has 23 heavy (non-hydrogen) atoms. The SMILES string of the molecule is CCCC(NS(=O)(=O)c1ccc(OCC(F)(F)F)cc1)C(=O)O. The van der Waals surface area contributed by atoms with Gasteiger partial charge in [0.1, 0.15) is 11.8 Å². The fourth-order valence-electron chi connectivity index (χ4n) is 1.66. The van der Waals surface area contributed by atoms with Gasteiger partial charge in [-0.2, -0.15) is 17.9 Å². The minimum absolute atomic E-state index is 0.112. The predicted molar refractivity (Wildman–Crippen MR) is 74.6 cm³/mol. The maximum Gasteiger partial charge on any atom is 0.422 e. The Morgan fingerprint density at radius 3 is 2.30 bits per heavy atom. The van der Waals surface area contributed by atoms with Crippen molar-refractivity contribution in [1.82, 2.24) is 4.72 Å². The van der Waals surface area contributed by atoms with Gasteiger partial charge in [-0.1, -0.05) is 13.3 Å². The molecule has 0 aliphatic rings. The lowest BCUT2D eigenvalue weighted by Crippen LogP contribution is -2.40. The van der Waals surface area contributed by atoms with Crippen molar-refractivity contribution < 1.29 is 36.2 Å². The standard InChI is InChI=1S/C13H16F3NO5S/c1-2-3-11(12(18)19)17-23(20,21)10-6-4-9(5-7-10)22-8-13(14,15)16/h4-7,11,17H,2-3,8H2,1H3,(H,18,19). The van der Waals surface area contributed by atoms with Gasteiger partial charge in [-0.3, -0.25) is 4.79 Å². The Labute approximate surface area is 131 Å². The van der Waals surface area contributed by atoms with Crippen molar-refractivity contribution in [3.05, 3.63) is 24.3 Å². The molecule has 0 aliphatic carbocycles. The molecule has 0 aromatic heterocycles. The van der Waals surface area contributed by atoms with Crippen LogP contribution in [0.2, 0.25) is 0 Å². The Morgan fingerprint density at radius 2 is 1.87 bits per heavy atom. The molecule has 2 N–H and O–H groups in total. The van der Waals surface area contributed by atoms with Crippen LogP contribution in [-0.4, -0.2) is 38.3 Å². The summed E-state index contributed by atoms with van der Waals surface area (Å²) in [5.74, 6) is -1.45. The highest BCUT2D eigenvalue weighted by atomic mass is 32.2. The number of hydrogen-bond acceptors (Lipinski definition) is 4. The lowest BCUT2D eigenvalue weighted by molar-refractivity contribution is -0.153. The van der Waals surface area contributed by atoms with Crippen LogP contribution in [0.1, 0.15) is 19.8 Å². The minimum Gasteiger partial charge on any atom is -0.484 e. The Balaban J connectivity index is 2.83. The largest absolute Gasteiger partial charge is 0.484 e. The second-order valence-electron chi connectivity index (χ2n) is 4.68. The molecule has 10 heteroatoms. The van der Waals surface area contributed by atoms with E-state index in [9.17, 15) is 26.4 Å². The first-order valence-electron chi connectivity index (χ1n) is 6.60. The van der Waals surface area contributed by atoms with Crippen molar-refractivity contribution in [3.8, 4) is 5.75 Å². The monoisotopic (exact) mass is 355 g/mol. The summed E-state index contributed by atoms with van der Waals surface area (Å²) in [6.45, 7) is 0.214. The topological polar surface area (TPSA) is 92.7 Å². The second kappa shape index (κ2) is 7.64. The Kier molecular flexibility index (Phi) is 6.39. The summed E-state index contributed by atoms with van der Waals surface area (Å²) in [5.41, 5.74) is 0. The van der Waals surface area contributed by atoms with E-state index in [0.29, 0.717) is 6.42 Å². The molecular weight excluding hydrogens is 339 g/mol. The lowest BCUT2D eigenvalue weighted by Gasteiger charge is -2.14. The van der Waals surface area contributed by atoms with Crippen molar-refractivity contribution in [2.24, 2.45) is 0 Å². The number of carboxylic acids is 1. The van der Waals surface area contributed by atoms with Crippen LogP contribution in [0.5, 0.6) is 5.75 Å². The van der Waals surface area contributed by atoms with Gasteiger partial charge in [0.05, 0.1) is 4.90 Å². The molecule has 1 aromatic rings. The van der Waals surface area contributed by atoms with Crippen LogP contribution >= 0.6 is 0 Å². The smallest absolute Gasteiger partial charge is 0.422 e. The Hall–Kier alpha value is -1.81. The zero-order chi connectivity index (χ0) is 17.7. The molecule has 0 amide bonds. The first-order chi connectivity index (χ1) is 10.5. The molecule has 0 radical (unpaired) electrons. The molecule has 1 aromatic carbocycles. The average Bonchev–Trinajstić information content (AvgIpc) is 2.44. The molecule has 6 nitrogen and oxygen atoms in total. The van der Waals surface area contributed by atoms with Gasteiger partial charge in [0.15, 0.2) is 6.61 Å². The van der Waals surface area contributed by atoms with Crippen LogP contribution in [0, 0.1) is 0 Å². The van der Waals surface area contributed by atoms with E-state index in [1.54, 1.807) is 6.92 Å². The van der Waals surface area contributed by atoms with E-state index in [-0.39, 0.29) is 17.1 Å². The van der Waals surface area contributed by atoms with Gasteiger partial charge in [-0.05, 0) is 30.7 Å². The molecule has 1 rings (SSSR count). The molecule has 0 spiro atoms. The number of alkyl halides is 3. The maximum absolute atomic E-state index is 12.1. The summed E-state index contributed by atoms with van der Waals surface area (Å²) >= 11 is 0. The van der Waals surface area contributed by atoms with E-state index in [1.165, 1.54) is 0 Å². The highest BCUT2D eigenvalue weighted by Gasteiger charge is 2.28. The van der Waals surface area contributed by atoms with E-state index in [2.05, 4.69) is 4.74 Å². The molecule has 0 bridgehead atoms. The Bertz CT molecular complexity index is 628. The van der Waals surface area contributed by atoms with Crippen LogP contribution in [0.4, 0.5) is 13.2 Å². The van der Waals surface area contributed by atoms with Gasteiger partial charge < -0.3 is 9.84 Å². The third-order valence-corrected chi connectivity index (χ3v) is 4.20. The second-order valence-corrected chi connectivity index (χ2v) is 6.39. The molecule has 130 valence electrons. The molecule has 0 heterocycles. The average molecular weight is 355 g/mol. The van der Waals surface area contributed by atoms with Crippen molar-refractivity contribution in [2.75, 3.05) is 6.61 Å². The highest BCUT2D eigenvalue weighted by molar-refractivity contribution is 7.89. The van der Waals surface area contributed by atoms with Gasteiger partial charge in [0, 0.05) is 0 Å². The number of sulfonamides is 1. The molecule has 1 atom stereocenters. The van der Waals surface area contributed by atoms with Crippen LogP contribution in [-0.2, 0) is 14.8 Å². The zero-order valence-electron chi connectivity index (χ0n) is 12.1. The number of halogens is 3. The van der Waals surface area contributed by atoms with Gasteiger partial charge in [-0.25, -0.2) is 8.42 Å². The quantitative estimate of drug-likeness (QED) is 0.745. The number of nitrogens with one attached hydrogen (secondary N) is 1. The van der Waals surface area contributed by atoms with Crippen LogP contribution in [0.15, 0.2) is 29.2 Å². The number of ether oxygens (including phenoxy) is 1. The summed E-state index contributed by atoms with van der Waals surface area (Å²) in [5, 5.41) is 8.95. The molecule has 0 saturated carbocycles. The number of carboxylic acid groups (broad SMARTS) is 1. The van der Waals surface area contributed by atoms with E-state index in [4.69, 9.17) is 5.11 Å². The number of aliphatic carboxylic acids is 1. The summed E-state index contributed by atoms with van der Waals surface area (Å²) in [6, 6.07) is 2.94. The lowest BCUT2D eigenvalue weighted by atomic mass is 10.2. The minimum atomic E-state index is -4.50. The maximum atomic E-state index is 12.1. The third-order valence-electron chi connectivity index (χ3n) is 2.71. The summed E-state index contributed by atoms with van der Waals surface area (Å²) in [4.78, 5) is 10.7. The van der Waals surface area contributed by atoms with E-state index in [0.717, 1.165) is 24.3 Å². The fourth-order valence-corrected chi connectivity index (χ4v) is 2.88.